The largest absolute Gasteiger partial charge is 0.356 e. The van der Waals surface area contributed by atoms with E-state index >= 15 is 0 Å². The molecule has 1 amide bonds. The van der Waals surface area contributed by atoms with Crippen molar-refractivity contribution in [3.8, 4) is 0 Å². The molecule has 0 aromatic heterocycles. The van der Waals surface area contributed by atoms with Gasteiger partial charge in [-0.25, -0.2) is 8.42 Å². The molecular weight excluding hydrogens is 322 g/mol. The Bertz CT molecular complexity index is 799. The third kappa shape index (κ3) is 5.20. The fourth-order valence-electron chi connectivity index (χ4n) is 2.46. The van der Waals surface area contributed by atoms with Crippen LogP contribution in [0.25, 0.3) is 0 Å². The summed E-state index contributed by atoms with van der Waals surface area (Å²) in [5, 5.41) is 2.80. The summed E-state index contributed by atoms with van der Waals surface area (Å²) < 4.78 is 24.3. The fraction of sp³-hybridized carbons (Fsp3) is 0.316. The Morgan fingerprint density at radius 3 is 2.46 bits per heavy atom. The van der Waals surface area contributed by atoms with Crippen molar-refractivity contribution in [2.24, 2.45) is 0 Å². The Labute approximate surface area is 143 Å². The zero-order chi connectivity index (χ0) is 17.6. The summed E-state index contributed by atoms with van der Waals surface area (Å²) in [6.45, 7) is 4.33. The summed E-state index contributed by atoms with van der Waals surface area (Å²) in [4.78, 5) is 12.3. The molecule has 0 aliphatic heterocycles. The quantitative estimate of drug-likeness (QED) is 0.785. The van der Waals surface area contributed by atoms with Crippen LogP contribution >= 0.6 is 0 Å². The van der Waals surface area contributed by atoms with E-state index in [1.54, 1.807) is 30.3 Å². The van der Waals surface area contributed by atoms with E-state index in [2.05, 4.69) is 5.32 Å². The number of benzene rings is 2. The van der Waals surface area contributed by atoms with Crippen molar-refractivity contribution >= 4 is 15.7 Å². The predicted octanol–water partition coefficient (Wildman–Crippen LogP) is 2.83. The second-order valence-corrected chi connectivity index (χ2v) is 8.05. The summed E-state index contributed by atoms with van der Waals surface area (Å²) in [5.74, 6) is -0.0540. The van der Waals surface area contributed by atoms with Gasteiger partial charge in [-0.05, 0) is 43.5 Å². The molecule has 128 valence electrons. The van der Waals surface area contributed by atoms with Crippen LogP contribution in [0, 0.1) is 13.8 Å². The fourth-order valence-corrected chi connectivity index (χ4v) is 3.79. The lowest BCUT2D eigenvalue weighted by atomic mass is 10.0. The van der Waals surface area contributed by atoms with Gasteiger partial charge >= 0.3 is 0 Å². The number of hydrogen-bond donors (Lipinski definition) is 1. The van der Waals surface area contributed by atoms with Gasteiger partial charge in [-0.2, -0.15) is 0 Å². The Kier molecular flexibility index (Phi) is 6.15. The SMILES string of the molecule is Cc1ccc(C)c(CC(=O)NCCCS(=O)(=O)c2ccccc2)c1. The molecular formula is C19H23NO3S. The number of aryl methyl sites for hydroxylation is 2. The highest BCUT2D eigenvalue weighted by Crippen LogP contribution is 2.12. The van der Waals surface area contributed by atoms with Crippen LogP contribution in [0.1, 0.15) is 23.1 Å². The first-order chi connectivity index (χ1) is 11.4. The average molecular weight is 345 g/mol. The molecule has 0 unspecified atom stereocenters. The molecule has 0 saturated heterocycles. The van der Waals surface area contributed by atoms with Gasteiger partial charge in [-0.3, -0.25) is 4.79 Å². The van der Waals surface area contributed by atoms with Crippen LogP contribution in [0.2, 0.25) is 0 Å². The summed E-state index contributed by atoms with van der Waals surface area (Å²) in [5.41, 5.74) is 3.21. The Balaban J connectivity index is 1.80. The van der Waals surface area contributed by atoms with Crippen molar-refractivity contribution in [1.29, 1.82) is 0 Å². The summed E-state index contributed by atoms with van der Waals surface area (Å²) >= 11 is 0. The van der Waals surface area contributed by atoms with Crippen molar-refractivity contribution in [1.82, 2.24) is 5.32 Å². The van der Waals surface area contributed by atoms with E-state index in [-0.39, 0.29) is 11.7 Å². The predicted molar refractivity (Wildman–Crippen MR) is 95.7 cm³/mol. The zero-order valence-corrected chi connectivity index (χ0v) is 14.9. The highest BCUT2D eigenvalue weighted by atomic mass is 32.2. The minimum atomic E-state index is -3.28. The van der Waals surface area contributed by atoms with Crippen LogP contribution in [0.4, 0.5) is 0 Å². The van der Waals surface area contributed by atoms with Gasteiger partial charge in [0.2, 0.25) is 5.91 Å². The van der Waals surface area contributed by atoms with Gasteiger partial charge in [0.25, 0.3) is 0 Å². The molecule has 0 bridgehead atoms. The Hall–Kier alpha value is -2.14. The molecule has 2 rings (SSSR count). The van der Waals surface area contributed by atoms with E-state index in [4.69, 9.17) is 0 Å². The molecule has 0 atom stereocenters. The number of carbonyl (C=O) groups excluding carboxylic acids is 1. The van der Waals surface area contributed by atoms with Gasteiger partial charge < -0.3 is 5.32 Å². The Morgan fingerprint density at radius 2 is 1.75 bits per heavy atom. The number of hydrogen-bond acceptors (Lipinski definition) is 3. The molecule has 5 heteroatoms. The van der Waals surface area contributed by atoms with Gasteiger partial charge in [0.05, 0.1) is 17.1 Å². The standard InChI is InChI=1S/C19H23NO3S/c1-15-9-10-16(2)17(13-15)14-19(21)20-11-6-12-24(22,23)18-7-4-3-5-8-18/h3-5,7-10,13H,6,11-12,14H2,1-2H3,(H,20,21). The molecule has 2 aromatic rings. The maximum atomic E-state index is 12.1. The van der Waals surface area contributed by atoms with Crippen molar-refractivity contribution in [3.05, 3.63) is 65.2 Å². The van der Waals surface area contributed by atoms with Crippen LogP contribution in [0.5, 0.6) is 0 Å². The van der Waals surface area contributed by atoms with Crippen molar-refractivity contribution < 1.29 is 13.2 Å². The first kappa shape index (κ1) is 18.2. The van der Waals surface area contributed by atoms with Crippen molar-refractivity contribution in [2.45, 2.75) is 31.6 Å². The smallest absolute Gasteiger partial charge is 0.224 e. The maximum absolute atomic E-state index is 12.1. The van der Waals surface area contributed by atoms with Crippen molar-refractivity contribution in [2.75, 3.05) is 12.3 Å². The third-order valence-corrected chi connectivity index (χ3v) is 5.69. The summed E-state index contributed by atoms with van der Waals surface area (Å²) in [6, 6.07) is 14.4. The molecule has 1 N–H and O–H groups in total. The highest BCUT2D eigenvalue weighted by Gasteiger charge is 2.13. The normalized spacial score (nSPS) is 11.2. The monoisotopic (exact) mass is 345 g/mol. The molecule has 2 aromatic carbocycles. The molecule has 0 radical (unpaired) electrons. The van der Waals surface area contributed by atoms with Gasteiger partial charge in [-0.1, -0.05) is 42.0 Å². The van der Waals surface area contributed by atoms with E-state index in [1.807, 2.05) is 32.0 Å². The van der Waals surface area contributed by atoms with E-state index in [9.17, 15) is 13.2 Å². The third-order valence-electron chi connectivity index (χ3n) is 3.87. The van der Waals surface area contributed by atoms with E-state index in [0.717, 1.165) is 16.7 Å². The molecule has 0 heterocycles. The molecule has 0 aliphatic carbocycles. The second kappa shape index (κ2) is 8.11. The number of rotatable bonds is 7. The van der Waals surface area contributed by atoms with E-state index in [0.29, 0.717) is 24.3 Å². The number of nitrogens with one attached hydrogen (secondary N) is 1. The topological polar surface area (TPSA) is 63.2 Å². The highest BCUT2D eigenvalue weighted by molar-refractivity contribution is 7.91. The zero-order valence-electron chi connectivity index (χ0n) is 14.1. The summed E-state index contributed by atoms with van der Waals surface area (Å²) in [6.07, 6.45) is 0.717. The molecule has 24 heavy (non-hydrogen) atoms. The van der Waals surface area contributed by atoms with Crippen molar-refractivity contribution in [3.63, 3.8) is 0 Å². The summed E-state index contributed by atoms with van der Waals surface area (Å²) in [7, 11) is -3.28. The molecule has 0 aliphatic rings. The van der Waals surface area contributed by atoms with Crippen LogP contribution in [-0.4, -0.2) is 26.6 Å². The lowest BCUT2D eigenvalue weighted by molar-refractivity contribution is -0.120. The first-order valence-electron chi connectivity index (χ1n) is 7.99. The van der Waals surface area contributed by atoms with Crippen LogP contribution in [0.15, 0.2) is 53.4 Å². The number of carbonyl (C=O) groups is 1. The van der Waals surface area contributed by atoms with Crippen LogP contribution in [-0.2, 0) is 21.1 Å². The van der Waals surface area contributed by atoms with Gasteiger partial charge in [0, 0.05) is 6.54 Å². The molecule has 4 nitrogen and oxygen atoms in total. The van der Waals surface area contributed by atoms with Gasteiger partial charge in [0.1, 0.15) is 0 Å². The van der Waals surface area contributed by atoms with Gasteiger partial charge in [0.15, 0.2) is 9.84 Å². The van der Waals surface area contributed by atoms with Crippen LogP contribution in [0.3, 0.4) is 0 Å². The maximum Gasteiger partial charge on any atom is 0.224 e. The minimum Gasteiger partial charge on any atom is -0.356 e. The van der Waals surface area contributed by atoms with Gasteiger partial charge in [-0.15, -0.1) is 0 Å². The molecule has 0 spiro atoms. The number of amides is 1. The van der Waals surface area contributed by atoms with Crippen LogP contribution < -0.4 is 5.32 Å². The van der Waals surface area contributed by atoms with E-state index < -0.39 is 9.84 Å². The second-order valence-electron chi connectivity index (χ2n) is 5.94. The lowest BCUT2D eigenvalue weighted by Gasteiger charge is -2.09. The molecule has 0 saturated carbocycles. The number of sulfone groups is 1. The lowest BCUT2D eigenvalue weighted by Crippen LogP contribution is -2.27. The first-order valence-corrected chi connectivity index (χ1v) is 9.64. The minimum absolute atomic E-state index is 0.0285. The average Bonchev–Trinajstić information content (AvgIpc) is 2.56. The Morgan fingerprint density at radius 1 is 1.04 bits per heavy atom. The van der Waals surface area contributed by atoms with E-state index in [1.165, 1.54) is 0 Å². The molecule has 0 fully saturated rings.